The molecule has 0 aliphatic heterocycles. The van der Waals surface area contributed by atoms with Crippen LogP contribution in [0.1, 0.15) is 44.3 Å². The van der Waals surface area contributed by atoms with Gasteiger partial charge in [-0.2, -0.15) is 0 Å². The molecule has 0 saturated carbocycles. The van der Waals surface area contributed by atoms with Gasteiger partial charge in [-0.15, -0.1) is 0 Å². The first-order valence-electron chi connectivity index (χ1n) is 5.12. The molecule has 0 aliphatic rings. The molecule has 0 aromatic carbocycles. The second-order valence-corrected chi connectivity index (χ2v) is 3.65. The Bertz CT molecular complexity index is 240. The third-order valence-corrected chi connectivity index (χ3v) is 2.48. The second kappa shape index (κ2) is 5.07. The molecule has 1 rings (SSSR count). The quantitative estimate of drug-likeness (QED) is 0.694. The molecule has 0 saturated heterocycles. The molecule has 0 aliphatic carbocycles. The van der Waals surface area contributed by atoms with Crippen LogP contribution in [0, 0.1) is 0 Å². The highest BCUT2D eigenvalue weighted by atomic mass is 14.9. The molecule has 1 aromatic rings. The molecule has 0 unspecified atom stereocenters. The Balaban J connectivity index is 2.39. The molecule has 74 valence electrons. The molecule has 1 aromatic heterocycles. The zero-order chi connectivity index (χ0) is 9.68. The average molecular weight is 180 g/mol. The molecule has 2 nitrogen and oxygen atoms in total. The smallest absolute Gasteiger partial charge is 0.0449 e. The van der Waals surface area contributed by atoms with Gasteiger partial charge in [0.25, 0.3) is 0 Å². The second-order valence-electron chi connectivity index (χ2n) is 3.65. The summed E-state index contributed by atoms with van der Waals surface area (Å²) in [6, 6.07) is 4.37. The van der Waals surface area contributed by atoms with E-state index >= 15 is 0 Å². The van der Waals surface area contributed by atoms with Gasteiger partial charge in [0.1, 0.15) is 0 Å². The third kappa shape index (κ3) is 2.88. The molecule has 0 amide bonds. The highest BCUT2D eigenvalue weighted by Crippen LogP contribution is 2.16. The van der Waals surface area contributed by atoms with Gasteiger partial charge >= 0.3 is 0 Å². The molecule has 2 heteroatoms. The molecule has 1 atom stereocenters. The Kier molecular flexibility index (Phi) is 4.03. The van der Waals surface area contributed by atoms with Crippen molar-refractivity contribution >= 4 is 0 Å². The minimum Gasteiger partial charge on any atom is -0.353 e. The molecule has 0 bridgehead atoms. The number of rotatable bonds is 5. The number of aromatic nitrogens is 1. The van der Waals surface area contributed by atoms with Gasteiger partial charge < -0.3 is 10.3 Å². The van der Waals surface area contributed by atoms with Gasteiger partial charge in [0, 0.05) is 25.0 Å². The van der Waals surface area contributed by atoms with Crippen molar-refractivity contribution in [2.75, 3.05) is 0 Å². The summed E-state index contributed by atoms with van der Waals surface area (Å²) < 4.78 is 2.11. The number of aryl methyl sites for hydroxylation is 1. The number of hydrogen-bond donors (Lipinski definition) is 1. The van der Waals surface area contributed by atoms with Gasteiger partial charge in [-0.25, -0.2) is 0 Å². The summed E-state index contributed by atoms with van der Waals surface area (Å²) in [7, 11) is 2.05. The number of hydrogen-bond acceptors (Lipinski definition) is 1. The van der Waals surface area contributed by atoms with E-state index < -0.39 is 0 Å². The monoisotopic (exact) mass is 180 g/mol. The van der Waals surface area contributed by atoms with Gasteiger partial charge in [0.2, 0.25) is 0 Å². The molecule has 2 N–H and O–H groups in total. The summed E-state index contributed by atoms with van der Waals surface area (Å²) in [4.78, 5) is 0. The predicted molar refractivity (Wildman–Crippen MR) is 56.5 cm³/mol. The first-order chi connectivity index (χ1) is 6.25. The van der Waals surface area contributed by atoms with E-state index in [4.69, 9.17) is 5.73 Å². The summed E-state index contributed by atoms with van der Waals surface area (Å²) in [5, 5.41) is 0. The molecule has 13 heavy (non-hydrogen) atoms. The van der Waals surface area contributed by atoms with Crippen LogP contribution in [0.25, 0.3) is 0 Å². The largest absolute Gasteiger partial charge is 0.353 e. The van der Waals surface area contributed by atoms with Gasteiger partial charge in [0.05, 0.1) is 0 Å². The van der Waals surface area contributed by atoms with E-state index in [0.29, 0.717) is 0 Å². The maximum absolute atomic E-state index is 6.06. The van der Waals surface area contributed by atoms with Crippen LogP contribution in [0.3, 0.4) is 0 Å². The summed E-state index contributed by atoms with van der Waals surface area (Å²) in [6.45, 7) is 2.22. The fraction of sp³-hybridized carbons (Fsp3) is 0.636. The van der Waals surface area contributed by atoms with Crippen molar-refractivity contribution in [3.8, 4) is 0 Å². The van der Waals surface area contributed by atoms with Crippen LogP contribution in [-0.2, 0) is 7.05 Å². The summed E-state index contributed by atoms with van der Waals surface area (Å²) in [6.07, 6.45) is 6.95. The SMILES string of the molecule is CCCCC[C@H](N)c1cccn1C. The lowest BCUT2D eigenvalue weighted by Gasteiger charge is -2.12. The first kappa shape index (κ1) is 10.3. The van der Waals surface area contributed by atoms with Crippen molar-refractivity contribution in [1.29, 1.82) is 0 Å². The number of unbranched alkanes of at least 4 members (excludes halogenated alkanes) is 2. The Labute approximate surface area is 80.7 Å². The average Bonchev–Trinajstić information content (AvgIpc) is 2.52. The predicted octanol–water partition coefficient (Wildman–Crippen LogP) is 2.61. The van der Waals surface area contributed by atoms with Crippen LogP contribution in [0.2, 0.25) is 0 Å². The molecule has 0 radical (unpaired) electrons. The van der Waals surface area contributed by atoms with Crippen molar-refractivity contribution in [3.63, 3.8) is 0 Å². The Morgan fingerprint density at radius 2 is 2.23 bits per heavy atom. The van der Waals surface area contributed by atoms with Crippen molar-refractivity contribution in [1.82, 2.24) is 4.57 Å². The van der Waals surface area contributed by atoms with Crippen molar-refractivity contribution < 1.29 is 0 Å². The van der Waals surface area contributed by atoms with Gasteiger partial charge in [-0.3, -0.25) is 0 Å². The summed E-state index contributed by atoms with van der Waals surface area (Å²) in [5.74, 6) is 0. The maximum atomic E-state index is 6.06. The van der Waals surface area contributed by atoms with E-state index in [0.717, 1.165) is 6.42 Å². The van der Waals surface area contributed by atoms with Crippen LogP contribution in [0.15, 0.2) is 18.3 Å². The van der Waals surface area contributed by atoms with E-state index in [1.807, 2.05) is 0 Å². The zero-order valence-corrected chi connectivity index (χ0v) is 8.66. The topological polar surface area (TPSA) is 30.9 Å². The lowest BCUT2D eigenvalue weighted by atomic mass is 10.1. The summed E-state index contributed by atoms with van der Waals surface area (Å²) in [5.41, 5.74) is 7.31. The molecule has 1 heterocycles. The van der Waals surface area contributed by atoms with Crippen molar-refractivity contribution in [2.24, 2.45) is 12.8 Å². The van der Waals surface area contributed by atoms with Crippen LogP contribution in [0.5, 0.6) is 0 Å². The summed E-state index contributed by atoms with van der Waals surface area (Å²) >= 11 is 0. The number of nitrogens with zero attached hydrogens (tertiary/aromatic N) is 1. The van der Waals surface area contributed by atoms with E-state index in [-0.39, 0.29) is 6.04 Å². The normalized spacial score (nSPS) is 13.2. The molecular weight excluding hydrogens is 160 g/mol. The van der Waals surface area contributed by atoms with Gasteiger partial charge in [-0.05, 0) is 18.6 Å². The van der Waals surface area contributed by atoms with E-state index in [9.17, 15) is 0 Å². The van der Waals surface area contributed by atoms with Gasteiger partial charge in [-0.1, -0.05) is 26.2 Å². The molecule has 0 spiro atoms. The van der Waals surface area contributed by atoms with E-state index in [1.54, 1.807) is 0 Å². The van der Waals surface area contributed by atoms with Crippen LogP contribution in [0.4, 0.5) is 0 Å². The molecular formula is C11H20N2. The fourth-order valence-electron chi connectivity index (χ4n) is 1.62. The fourth-order valence-corrected chi connectivity index (χ4v) is 1.62. The highest BCUT2D eigenvalue weighted by molar-refractivity contribution is 5.10. The maximum Gasteiger partial charge on any atom is 0.0449 e. The third-order valence-electron chi connectivity index (χ3n) is 2.48. The van der Waals surface area contributed by atoms with Crippen LogP contribution in [-0.4, -0.2) is 4.57 Å². The molecule has 0 fully saturated rings. The Morgan fingerprint density at radius 3 is 2.77 bits per heavy atom. The lowest BCUT2D eigenvalue weighted by Crippen LogP contribution is -2.13. The minimum absolute atomic E-state index is 0.214. The first-order valence-corrected chi connectivity index (χ1v) is 5.12. The Morgan fingerprint density at radius 1 is 1.46 bits per heavy atom. The van der Waals surface area contributed by atoms with Crippen LogP contribution >= 0.6 is 0 Å². The highest BCUT2D eigenvalue weighted by Gasteiger charge is 2.07. The van der Waals surface area contributed by atoms with E-state index in [2.05, 4.69) is 36.9 Å². The zero-order valence-electron chi connectivity index (χ0n) is 8.66. The van der Waals surface area contributed by atoms with Gasteiger partial charge in [0.15, 0.2) is 0 Å². The van der Waals surface area contributed by atoms with Crippen LogP contribution < -0.4 is 5.73 Å². The van der Waals surface area contributed by atoms with Crippen molar-refractivity contribution in [3.05, 3.63) is 24.0 Å². The van der Waals surface area contributed by atoms with E-state index in [1.165, 1.54) is 25.0 Å². The Hall–Kier alpha value is -0.760. The number of nitrogens with two attached hydrogens (primary N) is 1. The minimum atomic E-state index is 0.214. The van der Waals surface area contributed by atoms with Crippen molar-refractivity contribution in [2.45, 2.75) is 38.6 Å². The lowest BCUT2D eigenvalue weighted by molar-refractivity contribution is 0.556. The standard InChI is InChI=1S/C11H20N2/c1-3-4-5-7-10(12)11-8-6-9-13(11)2/h6,8-10H,3-5,7,12H2,1-2H3/t10-/m0/s1.